The van der Waals surface area contributed by atoms with E-state index in [0.717, 1.165) is 23.7 Å². The van der Waals surface area contributed by atoms with Crippen LogP contribution in [0, 0.1) is 0 Å². The molecule has 0 spiro atoms. The van der Waals surface area contributed by atoms with E-state index in [1.165, 1.54) is 23.1 Å². The molecule has 8 heteroatoms. The van der Waals surface area contributed by atoms with Gasteiger partial charge in [-0.05, 0) is 12.1 Å². The molecule has 0 aromatic carbocycles. The molecule has 6 nitrogen and oxygen atoms in total. The Labute approximate surface area is 136 Å². The van der Waals surface area contributed by atoms with Gasteiger partial charge in [-0.25, -0.2) is 4.98 Å². The highest BCUT2D eigenvalue weighted by atomic mass is 32.2. The second-order valence-corrected chi connectivity index (χ2v) is 6.56. The second-order valence-electron chi connectivity index (χ2n) is 4.65. The number of anilines is 1. The summed E-state index contributed by atoms with van der Waals surface area (Å²) in [6.07, 6.45) is 1.99. The lowest BCUT2D eigenvalue weighted by Gasteiger charge is -2.13. The largest absolute Gasteiger partial charge is 0.332 e. The number of amides is 2. The molecule has 1 aliphatic rings. The summed E-state index contributed by atoms with van der Waals surface area (Å²) in [4.78, 5) is 33.6. The smallest absolute Gasteiger partial charge is 0.281 e. The van der Waals surface area contributed by atoms with Gasteiger partial charge in [-0.3, -0.25) is 14.6 Å². The van der Waals surface area contributed by atoms with E-state index in [1.54, 1.807) is 11.1 Å². The summed E-state index contributed by atoms with van der Waals surface area (Å²) in [6, 6.07) is 5.61. The number of nitrogens with one attached hydrogen (secondary N) is 1. The predicted molar refractivity (Wildman–Crippen MR) is 88.0 cm³/mol. The van der Waals surface area contributed by atoms with Gasteiger partial charge in [0.1, 0.15) is 5.69 Å². The van der Waals surface area contributed by atoms with Gasteiger partial charge in [0.05, 0.1) is 5.69 Å². The monoisotopic (exact) mass is 334 g/mol. The summed E-state index contributed by atoms with van der Waals surface area (Å²) in [7, 11) is 0. The number of carbonyl (C=O) groups is 2. The number of carbonyl (C=O) groups excluding carboxylic acids is 2. The molecular formula is C14H14N4O2S2. The molecule has 3 rings (SSSR count). The molecule has 0 radical (unpaired) electrons. The highest BCUT2D eigenvalue weighted by molar-refractivity contribution is 8.13. The second kappa shape index (κ2) is 6.89. The van der Waals surface area contributed by atoms with Crippen molar-refractivity contribution in [3.63, 3.8) is 0 Å². The van der Waals surface area contributed by atoms with Crippen LogP contribution in [0.3, 0.4) is 0 Å². The molecule has 0 unspecified atom stereocenters. The topological polar surface area (TPSA) is 75.2 Å². The third-order valence-corrected chi connectivity index (χ3v) is 4.78. The van der Waals surface area contributed by atoms with Gasteiger partial charge in [-0.15, -0.1) is 11.3 Å². The van der Waals surface area contributed by atoms with Crippen LogP contribution in [-0.2, 0) is 4.79 Å². The third kappa shape index (κ3) is 3.63. The molecule has 1 N–H and O–H groups in total. The molecule has 2 aromatic rings. The van der Waals surface area contributed by atoms with Crippen LogP contribution in [0.4, 0.5) is 9.93 Å². The molecule has 0 bridgehead atoms. The van der Waals surface area contributed by atoms with E-state index in [4.69, 9.17) is 0 Å². The van der Waals surface area contributed by atoms with Gasteiger partial charge in [-0.2, -0.15) is 0 Å². The average molecular weight is 334 g/mol. The lowest BCUT2D eigenvalue weighted by Crippen LogP contribution is -2.27. The van der Waals surface area contributed by atoms with Crippen molar-refractivity contribution in [3.05, 3.63) is 29.8 Å². The van der Waals surface area contributed by atoms with E-state index in [0.29, 0.717) is 11.7 Å². The van der Waals surface area contributed by atoms with Gasteiger partial charge in [0.25, 0.3) is 5.24 Å². The molecule has 3 heterocycles. The van der Waals surface area contributed by atoms with Crippen LogP contribution >= 0.6 is 23.1 Å². The molecule has 0 saturated carbocycles. The first-order valence-corrected chi connectivity index (χ1v) is 8.67. The van der Waals surface area contributed by atoms with Crippen molar-refractivity contribution in [2.24, 2.45) is 0 Å². The van der Waals surface area contributed by atoms with Gasteiger partial charge in [-0.1, -0.05) is 17.8 Å². The Morgan fingerprint density at radius 2 is 2.27 bits per heavy atom. The summed E-state index contributed by atoms with van der Waals surface area (Å²) in [5.74, 6) is 0.673. The Balaban J connectivity index is 1.54. The first kappa shape index (κ1) is 15.0. The Bertz CT molecular complexity index is 674. The zero-order valence-corrected chi connectivity index (χ0v) is 13.3. The molecule has 0 aliphatic carbocycles. The van der Waals surface area contributed by atoms with E-state index in [-0.39, 0.29) is 17.6 Å². The van der Waals surface area contributed by atoms with Crippen molar-refractivity contribution in [1.29, 1.82) is 0 Å². The first-order chi connectivity index (χ1) is 10.7. The fraction of sp³-hybridized carbons (Fsp3) is 0.286. The molecule has 114 valence electrons. The number of nitrogens with zero attached hydrogens (tertiary/aromatic N) is 3. The molecule has 2 amide bonds. The van der Waals surface area contributed by atoms with Crippen LogP contribution in [-0.4, -0.2) is 44.9 Å². The number of pyridine rings is 1. The van der Waals surface area contributed by atoms with E-state index in [9.17, 15) is 9.59 Å². The fourth-order valence-electron chi connectivity index (χ4n) is 2.01. The van der Waals surface area contributed by atoms with Gasteiger partial charge < -0.3 is 10.2 Å². The van der Waals surface area contributed by atoms with Crippen LogP contribution in [0.15, 0.2) is 29.8 Å². The maximum atomic E-state index is 11.9. The normalized spacial score (nSPS) is 14.4. The zero-order valence-electron chi connectivity index (χ0n) is 11.7. The minimum Gasteiger partial charge on any atom is -0.332 e. The number of thioether (sulfide) groups is 1. The van der Waals surface area contributed by atoms with Gasteiger partial charge in [0.15, 0.2) is 5.13 Å². The van der Waals surface area contributed by atoms with Crippen LogP contribution in [0.5, 0.6) is 0 Å². The standard InChI is InChI=1S/C14H14N4O2S2/c19-12(4-6-18-7-8-21-14(18)20)17-13-16-11(9-22-13)10-3-1-2-5-15-10/h1-3,5,9H,4,6-8H2,(H,16,17,19). The van der Waals surface area contributed by atoms with Crippen molar-refractivity contribution < 1.29 is 9.59 Å². The van der Waals surface area contributed by atoms with Gasteiger partial charge >= 0.3 is 0 Å². The molecular weight excluding hydrogens is 320 g/mol. The SMILES string of the molecule is O=C(CCN1CCSC1=O)Nc1nc(-c2ccccn2)cs1. The summed E-state index contributed by atoms with van der Waals surface area (Å²) in [6.45, 7) is 1.17. The van der Waals surface area contributed by atoms with Crippen molar-refractivity contribution in [2.75, 3.05) is 24.2 Å². The molecule has 2 aromatic heterocycles. The molecule has 22 heavy (non-hydrogen) atoms. The summed E-state index contributed by atoms with van der Waals surface area (Å²) >= 11 is 2.66. The van der Waals surface area contributed by atoms with Crippen LogP contribution < -0.4 is 5.32 Å². The first-order valence-electron chi connectivity index (χ1n) is 6.81. The van der Waals surface area contributed by atoms with Crippen molar-refractivity contribution >= 4 is 39.4 Å². The minimum atomic E-state index is -0.133. The van der Waals surface area contributed by atoms with Crippen molar-refractivity contribution in [2.45, 2.75) is 6.42 Å². The highest BCUT2D eigenvalue weighted by Crippen LogP contribution is 2.23. The highest BCUT2D eigenvalue weighted by Gasteiger charge is 2.21. The number of aromatic nitrogens is 2. The third-order valence-electron chi connectivity index (χ3n) is 3.13. The van der Waals surface area contributed by atoms with Crippen LogP contribution in [0.25, 0.3) is 11.4 Å². The molecule has 0 atom stereocenters. The van der Waals surface area contributed by atoms with Crippen LogP contribution in [0.1, 0.15) is 6.42 Å². The lowest BCUT2D eigenvalue weighted by molar-refractivity contribution is -0.116. The quantitative estimate of drug-likeness (QED) is 0.910. The van der Waals surface area contributed by atoms with Crippen molar-refractivity contribution in [1.82, 2.24) is 14.9 Å². The molecule has 1 fully saturated rings. The maximum Gasteiger partial charge on any atom is 0.281 e. The number of thiazole rings is 1. The maximum absolute atomic E-state index is 11.9. The van der Waals surface area contributed by atoms with Gasteiger partial charge in [0, 0.05) is 36.8 Å². The van der Waals surface area contributed by atoms with Crippen molar-refractivity contribution in [3.8, 4) is 11.4 Å². The Kier molecular flexibility index (Phi) is 4.69. The molecule has 1 saturated heterocycles. The Morgan fingerprint density at radius 3 is 3.00 bits per heavy atom. The lowest BCUT2D eigenvalue weighted by atomic mass is 10.3. The van der Waals surface area contributed by atoms with E-state index >= 15 is 0 Å². The fourth-order valence-corrected chi connectivity index (χ4v) is 3.58. The summed E-state index contributed by atoms with van der Waals surface area (Å²) in [5.41, 5.74) is 1.52. The number of hydrogen-bond acceptors (Lipinski definition) is 6. The van der Waals surface area contributed by atoms with Gasteiger partial charge in [0.2, 0.25) is 5.91 Å². The van der Waals surface area contributed by atoms with E-state index < -0.39 is 0 Å². The average Bonchev–Trinajstić information content (AvgIpc) is 3.15. The van der Waals surface area contributed by atoms with E-state index in [1.807, 2.05) is 23.6 Å². The number of rotatable bonds is 5. The number of hydrogen-bond donors (Lipinski definition) is 1. The molecule has 1 aliphatic heterocycles. The van der Waals surface area contributed by atoms with E-state index in [2.05, 4.69) is 15.3 Å². The zero-order chi connectivity index (χ0) is 15.4. The summed E-state index contributed by atoms with van der Waals surface area (Å²) < 4.78 is 0. The Hall–Kier alpha value is -1.93. The van der Waals surface area contributed by atoms with Crippen LogP contribution in [0.2, 0.25) is 0 Å². The summed E-state index contributed by atoms with van der Waals surface area (Å²) in [5, 5.41) is 5.23. The minimum absolute atomic E-state index is 0.0551. The predicted octanol–water partition coefficient (Wildman–Crippen LogP) is 2.70. The Morgan fingerprint density at radius 1 is 1.36 bits per heavy atom.